The lowest BCUT2D eigenvalue weighted by Crippen LogP contribution is -2.38. The van der Waals surface area contributed by atoms with E-state index in [1.54, 1.807) is 0 Å². The third-order valence-corrected chi connectivity index (χ3v) is 9.54. The number of anilines is 1. The monoisotopic (exact) mass is 757 g/mol. The maximum Gasteiger partial charge on any atom is 0.282 e. The van der Waals surface area contributed by atoms with Crippen LogP contribution in [0.25, 0.3) is 27.6 Å². The van der Waals surface area contributed by atoms with E-state index in [1.807, 2.05) is 0 Å². The van der Waals surface area contributed by atoms with Crippen molar-refractivity contribution in [3.63, 3.8) is 0 Å². The average Bonchev–Trinajstić information content (AvgIpc) is 3.75. The minimum absolute atomic E-state index is 0.00969. The predicted octanol–water partition coefficient (Wildman–Crippen LogP) is 4.69. The second-order valence-electron chi connectivity index (χ2n) is 12.3. The van der Waals surface area contributed by atoms with Crippen molar-refractivity contribution in [2.24, 2.45) is 7.05 Å². The molecule has 7 rings (SSSR count). The fourth-order valence-corrected chi connectivity index (χ4v) is 7.42. The standard InChI is InChI=1S/C33H28ClF4N9O4S/c1-45-28-24(9-8-21(34)26(28)31(43-45)44-52(2,50)51)47-32(41-30-20(33(47)49)6-4-10-39-30)22(13-16-11-17(35)14-18(36)12-16)40-25(48)15-46-23-7-3-5-19(23)27(42-46)29(37)38/h4,6,8-12,14,22,29H,3,5,7,13,15H2,1-2H3,(H,40,48)(H,43,44). The lowest BCUT2D eigenvalue weighted by atomic mass is 10.0. The number of rotatable bonds is 10. The number of hydrogen-bond acceptors (Lipinski definition) is 8. The van der Waals surface area contributed by atoms with Crippen LogP contribution in [-0.4, -0.2) is 54.7 Å². The molecule has 19 heteroatoms. The van der Waals surface area contributed by atoms with Gasteiger partial charge in [0.25, 0.3) is 12.0 Å². The molecule has 2 aromatic carbocycles. The quantitative estimate of drug-likeness (QED) is 0.191. The van der Waals surface area contributed by atoms with Gasteiger partial charge in [-0.3, -0.25) is 28.2 Å². The molecule has 0 saturated heterocycles. The van der Waals surface area contributed by atoms with Gasteiger partial charge in [0.2, 0.25) is 15.9 Å². The van der Waals surface area contributed by atoms with E-state index in [0.29, 0.717) is 36.6 Å². The Bertz CT molecular complexity index is 2570. The fourth-order valence-electron chi connectivity index (χ4n) is 6.68. The molecule has 0 aliphatic heterocycles. The Morgan fingerprint density at radius 1 is 1.08 bits per heavy atom. The Labute approximate surface area is 297 Å². The molecule has 1 atom stereocenters. The Hall–Kier alpha value is -5.36. The normalized spacial score (nSPS) is 13.6. The molecule has 1 amide bonds. The molecule has 0 radical (unpaired) electrons. The number of amides is 1. The van der Waals surface area contributed by atoms with Crippen LogP contribution in [0.3, 0.4) is 0 Å². The van der Waals surface area contributed by atoms with Crippen LogP contribution in [0.15, 0.2) is 53.5 Å². The number of nitrogens with one attached hydrogen (secondary N) is 2. The van der Waals surface area contributed by atoms with E-state index >= 15 is 0 Å². The maximum absolute atomic E-state index is 14.5. The van der Waals surface area contributed by atoms with Crippen LogP contribution >= 0.6 is 11.6 Å². The van der Waals surface area contributed by atoms with Gasteiger partial charge in [-0.15, -0.1) is 0 Å². The summed E-state index contributed by atoms with van der Waals surface area (Å²) in [5.41, 5.74) is 0.250. The Kier molecular flexibility index (Phi) is 8.98. The van der Waals surface area contributed by atoms with E-state index in [2.05, 4.69) is 30.2 Å². The van der Waals surface area contributed by atoms with Gasteiger partial charge in [-0.1, -0.05) is 11.6 Å². The number of aromatic nitrogens is 7. The molecule has 0 saturated carbocycles. The highest BCUT2D eigenvalue weighted by molar-refractivity contribution is 7.92. The van der Waals surface area contributed by atoms with Gasteiger partial charge in [0.05, 0.1) is 39.3 Å². The van der Waals surface area contributed by atoms with Crippen molar-refractivity contribution in [1.82, 2.24) is 39.4 Å². The van der Waals surface area contributed by atoms with Gasteiger partial charge in [0.15, 0.2) is 11.5 Å². The first-order chi connectivity index (χ1) is 24.7. The summed E-state index contributed by atoms with van der Waals surface area (Å²) in [6, 6.07) is 7.42. The number of fused-ring (bicyclic) bond motifs is 3. The number of hydrogen-bond donors (Lipinski definition) is 2. The third kappa shape index (κ3) is 6.58. The van der Waals surface area contributed by atoms with Crippen molar-refractivity contribution in [1.29, 1.82) is 0 Å². The minimum Gasteiger partial charge on any atom is -0.344 e. The molecule has 270 valence electrons. The number of aryl methyl sites for hydroxylation is 1. The van der Waals surface area contributed by atoms with Crippen LogP contribution in [0.5, 0.6) is 0 Å². The van der Waals surface area contributed by atoms with Gasteiger partial charge in [-0.05, 0) is 61.2 Å². The van der Waals surface area contributed by atoms with E-state index in [9.17, 15) is 35.6 Å². The Morgan fingerprint density at radius 2 is 1.83 bits per heavy atom. The molecule has 4 aromatic heterocycles. The van der Waals surface area contributed by atoms with Crippen molar-refractivity contribution in [2.75, 3.05) is 11.0 Å². The molecule has 0 fully saturated rings. The molecule has 2 N–H and O–H groups in total. The SMILES string of the molecule is Cn1nc(NS(C)(=O)=O)c2c(Cl)ccc(-n3c(C(Cc4cc(F)cc(F)c4)NC(=O)Cn4nc(C(F)F)c5c4CCC5)nc4ncccc4c3=O)c21. The molecular formula is C33H28ClF4N9O4S. The van der Waals surface area contributed by atoms with Crippen LogP contribution in [0.2, 0.25) is 5.02 Å². The fraction of sp³-hybridized carbons (Fsp3) is 0.273. The van der Waals surface area contributed by atoms with Gasteiger partial charge in [-0.2, -0.15) is 10.2 Å². The first-order valence-corrected chi connectivity index (χ1v) is 18.1. The van der Waals surface area contributed by atoms with Crippen LogP contribution in [-0.2, 0) is 47.7 Å². The van der Waals surface area contributed by atoms with Gasteiger partial charge >= 0.3 is 0 Å². The molecule has 0 spiro atoms. The topological polar surface area (TPSA) is 159 Å². The first-order valence-electron chi connectivity index (χ1n) is 15.8. The zero-order valence-corrected chi connectivity index (χ0v) is 28.9. The van der Waals surface area contributed by atoms with Crippen LogP contribution < -0.4 is 15.6 Å². The summed E-state index contributed by atoms with van der Waals surface area (Å²) >= 11 is 6.56. The zero-order chi connectivity index (χ0) is 37.1. The summed E-state index contributed by atoms with van der Waals surface area (Å²) in [5, 5.41) is 11.4. The molecule has 1 unspecified atom stereocenters. The van der Waals surface area contributed by atoms with Crippen molar-refractivity contribution >= 4 is 55.3 Å². The van der Waals surface area contributed by atoms with E-state index in [0.717, 1.165) is 23.0 Å². The number of pyridine rings is 1. The summed E-state index contributed by atoms with van der Waals surface area (Å²) in [6.07, 6.45) is 0.660. The van der Waals surface area contributed by atoms with Crippen molar-refractivity contribution in [2.45, 2.75) is 44.7 Å². The van der Waals surface area contributed by atoms with Gasteiger partial charge < -0.3 is 5.32 Å². The van der Waals surface area contributed by atoms with E-state index in [-0.39, 0.29) is 56.3 Å². The summed E-state index contributed by atoms with van der Waals surface area (Å²) in [7, 11) is -2.33. The van der Waals surface area contributed by atoms with E-state index < -0.39 is 57.8 Å². The summed E-state index contributed by atoms with van der Waals surface area (Å²) in [6.45, 7) is -0.480. The number of nitrogens with zero attached hydrogens (tertiary/aromatic N) is 7. The van der Waals surface area contributed by atoms with Gasteiger partial charge in [-0.25, -0.2) is 35.9 Å². The number of carbonyl (C=O) groups excluding carboxylic acids is 1. The zero-order valence-electron chi connectivity index (χ0n) is 27.4. The number of benzene rings is 2. The van der Waals surface area contributed by atoms with Gasteiger partial charge in [0, 0.05) is 37.0 Å². The van der Waals surface area contributed by atoms with Gasteiger partial charge in [0.1, 0.15) is 29.7 Å². The smallest absolute Gasteiger partial charge is 0.282 e. The van der Waals surface area contributed by atoms with Crippen LogP contribution in [0.1, 0.15) is 47.2 Å². The van der Waals surface area contributed by atoms with Crippen LogP contribution in [0, 0.1) is 11.6 Å². The highest BCUT2D eigenvalue weighted by Gasteiger charge is 2.30. The predicted molar refractivity (Wildman–Crippen MR) is 183 cm³/mol. The molecular weight excluding hydrogens is 730 g/mol. The number of halogens is 5. The molecule has 1 aliphatic rings. The summed E-state index contributed by atoms with van der Waals surface area (Å²) in [5.74, 6) is -2.75. The van der Waals surface area contributed by atoms with Crippen LogP contribution in [0.4, 0.5) is 23.4 Å². The summed E-state index contributed by atoms with van der Waals surface area (Å²) < 4.78 is 86.9. The lowest BCUT2D eigenvalue weighted by molar-refractivity contribution is -0.122. The molecule has 52 heavy (non-hydrogen) atoms. The Balaban J connectivity index is 1.42. The van der Waals surface area contributed by atoms with Crippen molar-refractivity contribution in [3.05, 3.63) is 104 Å². The molecule has 6 aromatic rings. The minimum atomic E-state index is -3.83. The summed E-state index contributed by atoms with van der Waals surface area (Å²) in [4.78, 5) is 37.2. The van der Waals surface area contributed by atoms with E-state index in [4.69, 9.17) is 11.6 Å². The number of carbonyl (C=O) groups is 1. The van der Waals surface area contributed by atoms with E-state index in [1.165, 1.54) is 46.9 Å². The highest BCUT2D eigenvalue weighted by atomic mass is 35.5. The molecule has 1 aliphatic carbocycles. The lowest BCUT2D eigenvalue weighted by Gasteiger charge is -2.23. The largest absolute Gasteiger partial charge is 0.344 e. The second kappa shape index (κ2) is 13.3. The number of alkyl halides is 2. The second-order valence-corrected chi connectivity index (χ2v) is 14.5. The highest BCUT2D eigenvalue weighted by Crippen LogP contribution is 2.36. The van der Waals surface area contributed by atoms with Crippen molar-refractivity contribution < 1.29 is 30.8 Å². The molecule has 4 heterocycles. The first kappa shape index (κ1) is 35.1. The maximum atomic E-state index is 14.5. The average molecular weight is 758 g/mol. The number of sulfonamides is 1. The molecule has 13 nitrogen and oxygen atoms in total. The molecule has 0 bridgehead atoms. The van der Waals surface area contributed by atoms with Crippen molar-refractivity contribution in [3.8, 4) is 5.69 Å². The Morgan fingerprint density at radius 3 is 2.54 bits per heavy atom. The third-order valence-electron chi connectivity index (χ3n) is 8.66.